The summed E-state index contributed by atoms with van der Waals surface area (Å²) in [4.78, 5) is 28.1. The Bertz CT molecular complexity index is 1060. The molecule has 3 rings (SSSR count). The van der Waals surface area contributed by atoms with Gasteiger partial charge in [0, 0.05) is 6.07 Å². The number of aromatic nitrogens is 3. The van der Waals surface area contributed by atoms with Crippen LogP contribution in [0.5, 0.6) is 11.5 Å². The number of pyridine rings is 3. The van der Waals surface area contributed by atoms with Gasteiger partial charge in [0.1, 0.15) is 29.0 Å². The smallest absolute Gasteiger partial charge is 0.260 e. The van der Waals surface area contributed by atoms with Crippen LogP contribution >= 0.6 is 0 Å². The number of hydrogen-bond donors (Lipinski definition) is 2. The van der Waals surface area contributed by atoms with Crippen LogP contribution in [0.1, 0.15) is 16.1 Å². The van der Waals surface area contributed by atoms with Gasteiger partial charge in [-0.25, -0.2) is 23.7 Å². The molecule has 3 aromatic rings. The highest BCUT2D eigenvalue weighted by atomic mass is 19.1. The number of carbonyl (C=O) groups excluding carboxylic acids is 1. The van der Waals surface area contributed by atoms with Gasteiger partial charge in [-0.1, -0.05) is 0 Å². The van der Waals surface area contributed by atoms with Gasteiger partial charge in [-0.2, -0.15) is 0 Å². The lowest BCUT2D eigenvalue weighted by Gasteiger charge is -2.10. The van der Waals surface area contributed by atoms with Crippen molar-refractivity contribution in [1.82, 2.24) is 15.0 Å². The molecule has 0 aliphatic rings. The van der Waals surface area contributed by atoms with Crippen molar-refractivity contribution in [3.63, 3.8) is 0 Å². The maximum atomic E-state index is 13.3. The number of rotatable bonds is 5. The number of nitrogens with one attached hydrogen (secondary N) is 1. The van der Waals surface area contributed by atoms with Crippen LogP contribution in [-0.2, 0) is 0 Å². The van der Waals surface area contributed by atoms with Crippen LogP contribution in [0.15, 0.2) is 47.8 Å². The molecule has 0 spiro atoms. The van der Waals surface area contributed by atoms with E-state index >= 15 is 0 Å². The predicted octanol–water partition coefficient (Wildman–Crippen LogP) is 3.12. The number of nitrogens with zero attached hydrogens (tertiary/aromatic N) is 4. The number of anilines is 1. The van der Waals surface area contributed by atoms with E-state index in [1.165, 1.54) is 37.5 Å². The molecule has 142 valence electrons. The predicted molar refractivity (Wildman–Crippen MR) is 97.7 cm³/mol. The Hall–Kier alpha value is -3.95. The second-order valence-electron chi connectivity index (χ2n) is 5.48. The first-order valence-electron chi connectivity index (χ1n) is 7.93. The van der Waals surface area contributed by atoms with E-state index in [0.29, 0.717) is 0 Å². The Morgan fingerprint density at radius 1 is 1.21 bits per heavy atom. The molecular formula is C18H14F2N6O2. The lowest BCUT2D eigenvalue weighted by molar-refractivity contribution is 0.102. The Morgan fingerprint density at radius 3 is 2.71 bits per heavy atom. The van der Waals surface area contributed by atoms with Crippen LogP contribution in [0.2, 0.25) is 0 Å². The first kappa shape index (κ1) is 18.8. The second-order valence-corrected chi connectivity index (χ2v) is 5.48. The fourth-order valence-corrected chi connectivity index (χ4v) is 2.22. The van der Waals surface area contributed by atoms with E-state index in [-0.39, 0.29) is 34.4 Å². The summed E-state index contributed by atoms with van der Waals surface area (Å²) in [5.41, 5.74) is 5.45. The molecule has 28 heavy (non-hydrogen) atoms. The molecule has 0 fully saturated rings. The lowest BCUT2D eigenvalue weighted by Crippen LogP contribution is -2.14. The maximum absolute atomic E-state index is 13.3. The van der Waals surface area contributed by atoms with Crippen molar-refractivity contribution in [2.75, 3.05) is 5.32 Å². The van der Waals surface area contributed by atoms with E-state index in [1.54, 1.807) is 0 Å². The monoisotopic (exact) mass is 384 g/mol. The van der Waals surface area contributed by atoms with Crippen LogP contribution in [0, 0.1) is 18.6 Å². The van der Waals surface area contributed by atoms with Crippen molar-refractivity contribution < 1.29 is 18.3 Å². The van der Waals surface area contributed by atoms with Crippen LogP contribution in [-0.4, -0.2) is 27.2 Å². The number of ether oxygens (including phenoxy) is 1. The summed E-state index contributed by atoms with van der Waals surface area (Å²) >= 11 is 0. The first-order valence-corrected chi connectivity index (χ1v) is 7.93. The third-order valence-corrected chi connectivity index (χ3v) is 3.46. The number of halogens is 2. The van der Waals surface area contributed by atoms with E-state index in [0.717, 1.165) is 18.6 Å². The molecule has 0 bridgehead atoms. The summed E-state index contributed by atoms with van der Waals surface area (Å²) in [6.45, 7) is 1.47. The van der Waals surface area contributed by atoms with Crippen LogP contribution in [0.3, 0.4) is 0 Å². The topological polar surface area (TPSA) is 115 Å². The van der Waals surface area contributed by atoms with Gasteiger partial charge in [0.15, 0.2) is 5.82 Å². The van der Waals surface area contributed by atoms with Crippen molar-refractivity contribution in [2.45, 2.75) is 6.92 Å². The van der Waals surface area contributed by atoms with E-state index in [9.17, 15) is 13.6 Å². The fraction of sp³-hybridized carbons (Fsp3) is 0.0556. The Kier molecular flexibility index (Phi) is 5.49. The quantitative estimate of drug-likeness (QED) is 0.516. The summed E-state index contributed by atoms with van der Waals surface area (Å²) in [6.07, 6.45) is 4.61. The molecular weight excluding hydrogens is 370 g/mol. The third kappa shape index (κ3) is 4.41. The number of amides is 1. The van der Waals surface area contributed by atoms with E-state index in [2.05, 4.69) is 25.3 Å². The van der Waals surface area contributed by atoms with Gasteiger partial charge in [0.2, 0.25) is 0 Å². The summed E-state index contributed by atoms with van der Waals surface area (Å²) in [7, 11) is 0. The average molecular weight is 384 g/mol. The zero-order valence-electron chi connectivity index (χ0n) is 14.6. The number of hydrogen-bond acceptors (Lipinski definition) is 6. The van der Waals surface area contributed by atoms with Gasteiger partial charge in [-0.3, -0.25) is 9.78 Å². The van der Waals surface area contributed by atoms with Crippen LogP contribution in [0.4, 0.5) is 20.4 Å². The first-order chi connectivity index (χ1) is 13.5. The van der Waals surface area contributed by atoms with Crippen molar-refractivity contribution >= 4 is 23.9 Å². The van der Waals surface area contributed by atoms with Crippen LogP contribution < -0.4 is 15.8 Å². The highest BCUT2D eigenvalue weighted by Gasteiger charge is 2.16. The Morgan fingerprint density at radius 2 is 2.00 bits per heavy atom. The van der Waals surface area contributed by atoms with E-state index in [4.69, 9.17) is 10.5 Å². The molecule has 0 aromatic carbocycles. The molecule has 1 amide bonds. The molecule has 3 aromatic heterocycles. The molecule has 0 radical (unpaired) electrons. The number of carbonyl (C=O) groups is 1. The van der Waals surface area contributed by atoms with Crippen LogP contribution in [0.25, 0.3) is 0 Å². The minimum absolute atomic E-state index is 0.0207. The summed E-state index contributed by atoms with van der Waals surface area (Å²) in [5.74, 6) is -1.24. The minimum atomic E-state index is -0.616. The van der Waals surface area contributed by atoms with Gasteiger partial charge in [-0.15, -0.1) is 0 Å². The zero-order chi connectivity index (χ0) is 20.1. The maximum Gasteiger partial charge on any atom is 0.260 e. The molecule has 3 N–H and O–H groups in total. The van der Waals surface area contributed by atoms with Gasteiger partial charge in [0.05, 0.1) is 36.2 Å². The summed E-state index contributed by atoms with van der Waals surface area (Å²) in [5, 5.41) is 2.53. The Labute approximate surface area is 158 Å². The van der Waals surface area contributed by atoms with E-state index < -0.39 is 17.5 Å². The second kappa shape index (κ2) is 8.16. The minimum Gasteiger partial charge on any atom is -0.454 e. The summed E-state index contributed by atoms with van der Waals surface area (Å²) in [6, 6.07) is 4.99. The van der Waals surface area contributed by atoms with Crippen molar-refractivity contribution in [2.24, 2.45) is 10.7 Å². The number of aliphatic imine (C=N–C) groups is 1. The number of nitrogens with two attached hydrogens (primary N) is 1. The van der Waals surface area contributed by atoms with Crippen molar-refractivity contribution in [3.8, 4) is 11.5 Å². The van der Waals surface area contributed by atoms with Crippen molar-refractivity contribution in [1.29, 1.82) is 0 Å². The van der Waals surface area contributed by atoms with Gasteiger partial charge >= 0.3 is 0 Å². The molecule has 0 saturated carbocycles. The molecule has 0 aliphatic heterocycles. The largest absolute Gasteiger partial charge is 0.454 e. The Balaban J connectivity index is 1.90. The lowest BCUT2D eigenvalue weighted by atomic mass is 10.2. The van der Waals surface area contributed by atoms with E-state index in [1.807, 2.05) is 0 Å². The fourth-order valence-electron chi connectivity index (χ4n) is 2.22. The highest BCUT2D eigenvalue weighted by molar-refractivity contribution is 6.07. The molecule has 0 unspecified atom stereocenters. The molecule has 0 aliphatic carbocycles. The molecule has 10 heteroatoms. The molecule has 0 atom stereocenters. The zero-order valence-corrected chi connectivity index (χ0v) is 14.6. The number of aryl methyl sites for hydroxylation is 1. The SMILES string of the molecule is Cc1nc(NC(=O)c2cc(Oc3cncc(F)c3)cnc2/N=C\N)ccc1F. The average Bonchev–Trinajstić information content (AvgIpc) is 2.66. The molecule has 8 nitrogen and oxygen atoms in total. The summed E-state index contributed by atoms with van der Waals surface area (Å²) < 4.78 is 32.1. The van der Waals surface area contributed by atoms with Gasteiger partial charge in [-0.05, 0) is 25.1 Å². The van der Waals surface area contributed by atoms with Crippen molar-refractivity contribution in [3.05, 3.63) is 65.7 Å². The highest BCUT2D eigenvalue weighted by Crippen LogP contribution is 2.26. The standard InChI is InChI=1S/C18H14F2N6O2/c1-10-15(20)2-3-16(25-10)26-18(27)14-5-13(8-23-17(14)24-9-21)28-12-4-11(19)6-22-7-12/h2-9H,1H3,(H2,21,23,24)(H,25,26,27). The normalized spacial score (nSPS) is 10.8. The molecule has 3 heterocycles. The third-order valence-electron chi connectivity index (χ3n) is 3.46. The molecule has 0 saturated heterocycles. The van der Waals surface area contributed by atoms with Gasteiger partial charge in [0.25, 0.3) is 5.91 Å². The van der Waals surface area contributed by atoms with Gasteiger partial charge < -0.3 is 15.8 Å².